The molecular formula is C33H39F2N3O5. The Balaban J connectivity index is 2.05. The van der Waals surface area contributed by atoms with Crippen LogP contribution in [0.25, 0.3) is 11.1 Å². The van der Waals surface area contributed by atoms with E-state index < -0.39 is 53.5 Å². The fourth-order valence-corrected chi connectivity index (χ4v) is 5.10. The molecule has 0 spiro atoms. The standard InChI is InChI=1S/C33H39F2N3O5/c1-8-43-27(39)17-25(23-15-22(16-24(34)30(23)35)28-19(4)10-9-11-20(28)5)36-31(40)26(14-18(2)3)37-32(41)29-21(6)12-13-38(7)33(29)42/h9-13,15-16,18,25-26H,8,14,17H2,1-7H3,(H,36,40)(H,37,41)/t25-,26-/m0/s1. The van der Waals surface area contributed by atoms with Crippen molar-refractivity contribution in [2.24, 2.45) is 13.0 Å². The quantitative estimate of drug-likeness (QED) is 0.296. The average Bonchev–Trinajstić information content (AvgIpc) is 2.92. The van der Waals surface area contributed by atoms with Crippen LogP contribution in [-0.2, 0) is 21.4 Å². The Bertz CT molecular complexity index is 1560. The summed E-state index contributed by atoms with van der Waals surface area (Å²) in [5, 5.41) is 5.30. The van der Waals surface area contributed by atoms with Gasteiger partial charge in [-0.2, -0.15) is 0 Å². The number of carbonyl (C=O) groups is 3. The van der Waals surface area contributed by atoms with Gasteiger partial charge in [0.05, 0.1) is 19.1 Å². The van der Waals surface area contributed by atoms with E-state index in [1.54, 1.807) is 19.9 Å². The number of nitrogens with one attached hydrogen (secondary N) is 2. The van der Waals surface area contributed by atoms with Crippen LogP contribution in [0.3, 0.4) is 0 Å². The van der Waals surface area contributed by atoms with Gasteiger partial charge in [0.1, 0.15) is 11.6 Å². The van der Waals surface area contributed by atoms with Crippen molar-refractivity contribution in [1.29, 1.82) is 0 Å². The Labute approximate surface area is 250 Å². The molecule has 2 amide bonds. The molecular weight excluding hydrogens is 556 g/mol. The van der Waals surface area contributed by atoms with Gasteiger partial charge in [0, 0.05) is 18.8 Å². The average molecular weight is 596 g/mol. The predicted octanol–water partition coefficient (Wildman–Crippen LogP) is 5.21. The molecule has 0 bridgehead atoms. The minimum Gasteiger partial charge on any atom is -0.466 e. The second kappa shape index (κ2) is 14.2. The van der Waals surface area contributed by atoms with Gasteiger partial charge < -0.3 is 19.9 Å². The van der Waals surface area contributed by atoms with Crippen molar-refractivity contribution < 1.29 is 27.9 Å². The van der Waals surface area contributed by atoms with Crippen molar-refractivity contribution in [2.45, 2.75) is 66.5 Å². The van der Waals surface area contributed by atoms with Crippen LogP contribution in [0.1, 0.15) is 72.3 Å². The van der Waals surface area contributed by atoms with E-state index in [0.29, 0.717) is 16.7 Å². The van der Waals surface area contributed by atoms with Crippen LogP contribution in [0.2, 0.25) is 0 Å². The van der Waals surface area contributed by atoms with E-state index in [0.717, 1.165) is 17.2 Å². The number of aromatic nitrogens is 1. The van der Waals surface area contributed by atoms with Gasteiger partial charge in [-0.05, 0) is 86.1 Å². The molecule has 2 aromatic carbocycles. The van der Waals surface area contributed by atoms with Gasteiger partial charge >= 0.3 is 5.97 Å². The van der Waals surface area contributed by atoms with Gasteiger partial charge in [-0.3, -0.25) is 19.2 Å². The van der Waals surface area contributed by atoms with Crippen LogP contribution in [0.5, 0.6) is 0 Å². The van der Waals surface area contributed by atoms with Crippen molar-refractivity contribution in [3.05, 3.63) is 92.4 Å². The van der Waals surface area contributed by atoms with Crippen LogP contribution >= 0.6 is 0 Å². The summed E-state index contributed by atoms with van der Waals surface area (Å²) in [6, 6.07) is 7.22. The lowest BCUT2D eigenvalue weighted by Crippen LogP contribution is -2.49. The highest BCUT2D eigenvalue weighted by Crippen LogP contribution is 2.33. The summed E-state index contributed by atoms with van der Waals surface area (Å²) >= 11 is 0. The molecule has 10 heteroatoms. The first-order chi connectivity index (χ1) is 20.2. The van der Waals surface area contributed by atoms with E-state index in [9.17, 15) is 19.2 Å². The summed E-state index contributed by atoms with van der Waals surface area (Å²) < 4.78 is 36.8. The monoisotopic (exact) mass is 595 g/mol. The summed E-state index contributed by atoms with van der Waals surface area (Å²) in [7, 11) is 1.51. The number of ether oxygens (including phenoxy) is 1. The minimum absolute atomic E-state index is 0.0518. The number of pyridine rings is 1. The number of hydrogen-bond acceptors (Lipinski definition) is 5. The van der Waals surface area contributed by atoms with E-state index in [-0.39, 0.29) is 30.1 Å². The van der Waals surface area contributed by atoms with Crippen LogP contribution in [0.4, 0.5) is 8.78 Å². The molecule has 3 rings (SSSR count). The Kier molecular flexibility index (Phi) is 11.0. The van der Waals surface area contributed by atoms with Crippen LogP contribution in [-0.4, -0.2) is 35.0 Å². The lowest BCUT2D eigenvalue weighted by molar-refractivity contribution is -0.143. The fourth-order valence-electron chi connectivity index (χ4n) is 5.10. The number of hydrogen-bond donors (Lipinski definition) is 2. The molecule has 8 nitrogen and oxygen atoms in total. The maximum absolute atomic E-state index is 15.4. The highest BCUT2D eigenvalue weighted by atomic mass is 19.2. The molecule has 230 valence electrons. The normalized spacial score (nSPS) is 12.5. The Morgan fingerprint density at radius 1 is 0.977 bits per heavy atom. The maximum atomic E-state index is 15.4. The molecule has 1 aromatic heterocycles. The number of esters is 1. The van der Waals surface area contributed by atoms with Crippen molar-refractivity contribution in [3.8, 4) is 11.1 Å². The molecule has 0 radical (unpaired) electrons. The summed E-state index contributed by atoms with van der Waals surface area (Å²) in [5.41, 5.74) is 2.33. The number of nitrogens with zero attached hydrogens (tertiary/aromatic N) is 1. The molecule has 43 heavy (non-hydrogen) atoms. The van der Waals surface area contributed by atoms with Crippen molar-refractivity contribution in [3.63, 3.8) is 0 Å². The number of benzene rings is 2. The molecule has 1 heterocycles. The second-order valence-electron chi connectivity index (χ2n) is 11.1. The molecule has 0 aliphatic heterocycles. The molecule has 3 aromatic rings. The van der Waals surface area contributed by atoms with Crippen LogP contribution in [0, 0.1) is 38.3 Å². The predicted molar refractivity (Wildman–Crippen MR) is 161 cm³/mol. The fraction of sp³-hybridized carbons (Fsp3) is 0.394. The molecule has 0 aliphatic rings. The van der Waals surface area contributed by atoms with Crippen LogP contribution < -0.4 is 16.2 Å². The van der Waals surface area contributed by atoms with Gasteiger partial charge in [-0.1, -0.05) is 32.0 Å². The summed E-state index contributed by atoms with van der Waals surface area (Å²) in [6.07, 6.45) is 1.23. The first kappa shape index (κ1) is 33.2. The number of aryl methyl sites for hydroxylation is 4. The molecule has 0 unspecified atom stereocenters. The van der Waals surface area contributed by atoms with Crippen LogP contribution in [0.15, 0.2) is 47.4 Å². The SMILES string of the molecule is CCOC(=O)C[C@H](NC(=O)[C@H](CC(C)C)NC(=O)c1c(C)ccn(C)c1=O)c1cc(-c2c(C)cccc2C)cc(F)c1F. The van der Waals surface area contributed by atoms with E-state index in [2.05, 4.69) is 10.6 Å². The number of rotatable bonds is 11. The molecule has 2 N–H and O–H groups in total. The minimum atomic E-state index is -1.32. The Morgan fingerprint density at radius 2 is 1.63 bits per heavy atom. The van der Waals surface area contributed by atoms with E-state index in [4.69, 9.17) is 4.74 Å². The highest BCUT2D eigenvalue weighted by Gasteiger charge is 2.30. The number of halogens is 2. The third-order valence-electron chi connectivity index (χ3n) is 7.23. The summed E-state index contributed by atoms with van der Waals surface area (Å²) in [5.74, 6) is -4.61. The summed E-state index contributed by atoms with van der Waals surface area (Å²) in [4.78, 5) is 52.2. The van der Waals surface area contributed by atoms with Gasteiger partial charge in [0.15, 0.2) is 11.6 Å². The number of carbonyl (C=O) groups excluding carboxylic acids is 3. The van der Waals surface area contributed by atoms with Crippen molar-refractivity contribution in [2.75, 3.05) is 6.61 Å². The third-order valence-corrected chi connectivity index (χ3v) is 7.23. The first-order valence-corrected chi connectivity index (χ1v) is 14.2. The molecule has 0 saturated heterocycles. The second-order valence-corrected chi connectivity index (χ2v) is 11.1. The zero-order valence-corrected chi connectivity index (χ0v) is 25.6. The molecule has 0 saturated carbocycles. The van der Waals surface area contributed by atoms with Gasteiger partial charge in [-0.25, -0.2) is 8.78 Å². The lowest BCUT2D eigenvalue weighted by Gasteiger charge is -2.25. The maximum Gasteiger partial charge on any atom is 0.308 e. The van der Waals surface area contributed by atoms with E-state index in [1.165, 1.54) is 23.9 Å². The molecule has 2 atom stereocenters. The van der Waals surface area contributed by atoms with Crippen molar-refractivity contribution in [1.82, 2.24) is 15.2 Å². The first-order valence-electron chi connectivity index (χ1n) is 14.2. The largest absolute Gasteiger partial charge is 0.466 e. The number of amides is 2. The molecule has 0 fully saturated rings. The van der Waals surface area contributed by atoms with E-state index in [1.807, 2.05) is 45.9 Å². The zero-order valence-electron chi connectivity index (χ0n) is 25.6. The zero-order chi connectivity index (χ0) is 32.0. The van der Waals surface area contributed by atoms with Gasteiger partial charge in [0.25, 0.3) is 11.5 Å². The third kappa shape index (κ3) is 7.94. The smallest absolute Gasteiger partial charge is 0.308 e. The van der Waals surface area contributed by atoms with Gasteiger partial charge in [-0.15, -0.1) is 0 Å². The van der Waals surface area contributed by atoms with Gasteiger partial charge in [0.2, 0.25) is 5.91 Å². The Hall–Kier alpha value is -4.34. The topological polar surface area (TPSA) is 106 Å². The summed E-state index contributed by atoms with van der Waals surface area (Å²) in [6.45, 7) is 10.7. The lowest BCUT2D eigenvalue weighted by atomic mass is 9.92. The Morgan fingerprint density at radius 3 is 2.23 bits per heavy atom. The highest BCUT2D eigenvalue weighted by molar-refractivity contribution is 5.98. The van der Waals surface area contributed by atoms with Crippen molar-refractivity contribution >= 4 is 17.8 Å². The molecule has 0 aliphatic carbocycles. The van der Waals surface area contributed by atoms with E-state index >= 15 is 8.78 Å².